The molecule has 0 saturated carbocycles. The summed E-state index contributed by atoms with van der Waals surface area (Å²) in [4.78, 5) is 22.4. The van der Waals surface area contributed by atoms with Gasteiger partial charge in [0, 0.05) is 18.5 Å². The van der Waals surface area contributed by atoms with E-state index in [4.69, 9.17) is 4.74 Å². The van der Waals surface area contributed by atoms with Gasteiger partial charge in [-0.05, 0) is 13.8 Å². The number of rotatable bonds is 4. The van der Waals surface area contributed by atoms with Gasteiger partial charge in [-0.15, -0.1) is 0 Å². The zero-order valence-electron chi connectivity index (χ0n) is 9.12. The Morgan fingerprint density at radius 1 is 1.47 bits per heavy atom. The average molecular weight is 215 g/mol. The molecule has 5 nitrogen and oxygen atoms in total. The number of Topliss-reactive ketones (excluding diaryl/α,β-unsaturated/α-hetero) is 1. The Balaban J connectivity index is 2.33. The van der Waals surface area contributed by atoms with Crippen LogP contribution in [0.3, 0.4) is 0 Å². The van der Waals surface area contributed by atoms with Crippen molar-refractivity contribution in [2.75, 3.05) is 19.8 Å². The van der Waals surface area contributed by atoms with E-state index in [1.165, 1.54) is 0 Å². The van der Waals surface area contributed by atoms with E-state index >= 15 is 0 Å². The van der Waals surface area contributed by atoms with Crippen molar-refractivity contribution in [3.8, 4) is 0 Å². The molecule has 1 aliphatic rings. The van der Waals surface area contributed by atoms with Gasteiger partial charge in [0.2, 0.25) is 5.78 Å². The van der Waals surface area contributed by atoms with Gasteiger partial charge in [0.15, 0.2) is 0 Å². The Kier molecular flexibility index (Phi) is 4.71. The number of nitrogens with one attached hydrogen (secondary N) is 1. The van der Waals surface area contributed by atoms with Gasteiger partial charge in [0.05, 0.1) is 19.8 Å². The first-order chi connectivity index (χ1) is 7.13. The minimum absolute atomic E-state index is 0.0781. The van der Waals surface area contributed by atoms with E-state index in [0.717, 1.165) is 0 Å². The van der Waals surface area contributed by atoms with Crippen molar-refractivity contribution in [1.82, 2.24) is 5.32 Å². The van der Waals surface area contributed by atoms with E-state index in [0.29, 0.717) is 13.2 Å². The number of morpholine rings is 1. The predicted octanol–water partition coefficient (Wildman–Crippen LogP) is -0.114. The van der Waals surface area contributed by atoms with Gasteiger partial charge in [-0.25, -0.2) is 4.79 Å². The Morgan fingerprint density at radius 3 is 2.80 bits per heavy atom. The fourth-order valence-corrected chi connectivity index (χ4v) is 1.52. The number of carbonyl (C=O) groups is 2. The van der Waals surface area contributed by atoms with Crippen molar-refractivity contribution < 1.29 is 19.1 Å². The van der Waals surface area contributed by atoms with Crippen molar-refractivity contribution in [1.29, 1.82) is 0 Å². The number of carbonyl (C=O) groups excluding carboxylic acids is 2. The molecule has 1 N–H and O–H groups in total. The second kappa shape index (κ2) is 5.82. The van der Waals surface area contributed by atoms with Crippen LogP contribution in [0.15, 0.2) is 0 Å². The van der Waals surface area contributed by atoms with Crippen molar-refractivity contribution >= 4 is 11.8 Å². The lowest BCUT2D eigenvalue weighted by Crippen LogP contribution is -2.48. The fraction of sp³-hybridized carbons (Fsp3) is 0.800. The van der Waals surface area contributed by atoms with Gasteiger partial charge in [0.1, 0.15) is 0 Å². The highest BCUT2D eigenvalue weighted by atomic mass is 16.5. The minimum atomic E-state index is -0.752. The quantitative estimate of drug-likeness (QED) is 0.523. The number of ether oxygens (including phenoxy) is 2. The van der Waals surface area contributed by atoms with Gasteiger partial charge in [-0.2, -0.15) is 0 Å². The first-order valence-corrected chi connectivity index (χ1v) is 5.17. The lowest BCUT2D eigenvalue weighted by molar-refractivity contribution is -0.154. The molecule has 0 bridgehead atoms. The third-order valence-electron chi connectivity index (χ3n) is 2.14. The van der Waals surface area contributed by atoms with E-state index in [1.807, 2.05) is 6.92 Å². The van der Waals surface area contributed by atoms with Crippen molar-refractivity contribution in [2.45, 2.75) is 32.4 Å². The largest absolute Gasteiger partial charge is 0.460 e. The molecule has 1 rings (SSSR count). The lowest BCUT2D eigenvalue weighted by Gasteiger charge is -2.28. The summed E-state index contributed by atoms with van der Waals surface area (Å²) in [5, 5.41) is 3.19. The summed E-state index contributed by atoms with van der Waals surface area (Å²) in [7, 11) is 0. The summed E-state index contributed by atoms with van der Waals surface area (Å²) in [5.41, 5.74) is 0. The molecular formula is C10H17NO4. The zero-order chi connectivity index (χ0) is 11.3. The Hall–Kier alpha value is -0.940. The molecule has 1 fully saturated rings. The standard InChI is InChI=1S/C10H17NO4/c1-3-15-10(13)9(12)4-8-6-14-5-7(2)11-8/h7-8,11H,3-6H2,1-2H3. The molecule has 0 spiro atoms. The van der Waals surface area contributed by atoms with E-state index in [-0.39, 0.29) is 25.1 Å². The average Bonchev–Trinajstić information content (AvgIpc) is 2.18. The molecule has 0 aromatic carbocycles. The zero-order valence-corrected chi connectivity index (χ0v) is 9.12. The van der Waals surface area contributed by atoms with Crippen LogP contribution < -0.4 is 5.32 Å². The van der Waals surface area contributed by atoms with Crippen LogP contribution in [0.5, 0.6) is 0 Å². The summed E-state index contributed by atoms with van der Waals surface area (Å²) >= 11 is 0. The molecule has 5 heteroatoms. The van der Waals surface area contributed by atoms with E-state index in [9.17, 15) is 9.59 Å². The molecule has 1 saturated heterocycles. The third-order valence-corrected chi connectivity index (χ3v) is 2.14. The lowest BCUT2D eigenvalue weighted by atomic mass is 10.1. The highest BCUT2D eigenvalue weighted by Gasteiger charge is 2.24. The molecule has 1 heterocycles. The van der Waals surface area contributed by atoms with Crippen LogP contribution >= 0.6 is 0 Å². The summed E-state index contributed by atoms with van der Waals surface area (Å²) in [5.74, 6) is -1.25. The van der Waals surface area contributed by atoms with E-state index < -0.39 is 11.8 Å². The first-order valence-electron chi connectivity index (χ1n) is 5.17. The summed E-state index contributed by atoms with van der Waals surface area (Å²) in [6.07, 6.45) is 0.142. The molecule has 0 aromatic rings. The van der Waals surface area contributed by atoms with Crippen LogP contribution in [-0.2, 0) is 19.1 Å². The van der Waals surface area contributed by atoms with Crippen molar-refractivity contribution in [3.05, 3.63) is 0 Å². The Morgan fingerprint density at radius 2 is 2.20 bits per heavy atom. The minimum Gasteiger partial charge on any atom is -0.460 e. The number of hydrogen-bond donors (Lipinski definition) is 1. The highest BCUT2D eigenvalue weighted by molar-refractivity contribution is 6.33. The molecule has 0 amide bonds. The molecule has 0 aliphatic carbocycles. The highest BCUT2D eigenvalue weighted by Crippen LogP contribution is 2.04. The van der Waals surface area contributed by atoms with E-state index in [1.54, 1.807) is 6.92 Å². The van der Waals surface area contributed by atoms with Gasteiger partial charge in [0.25, 0.3) is 0 Å². The van der Waals surface area contributed by atoms with Crippen LogP contribution in [0.4, 0.5) is 0 Å². The van der Waals surface area contributed by atoms with Crippen molar-refractivity contribution in [2.24, 2.45) is 0 Å². The maximum absolute atomic E-state index is 11.3. The van der Waals surface area contributed by atoms with Gasteiger partial charge >= 0.3 is 5.97 Å². The monoisotopic (exact) mass is 215 g/mol. The SMILES string of the molecule is CCOC(=O)C(=O)CC1COCC(C)N1. The topological polar surface area (TPSA) is 64.6 Å². The normalized spacial score (nSPS) is 26.0. The predicted molar refractivity (Wildman–Crippen MR) is 53.5 cm³/mol. The molecule has 2 atom stereocenters. The molecule has 2 unspecified atom stereocenters. The first kappa shape index (κ1) is 12.1. The Bertz CT molecular complexity index is 242. The fourth-order valence-electron chi connectivity index (χ4n) is 1.52. The molecule has 86 valence electrons. The molecular weight excluding hydrogens is 198 g/mol. The van der Waals surface area contributed by atoms with Gasteiger partial charge in [-0.1, -0.05) is 0 Å². The summed E-state index contributed by atoms with van der Waals surface area (Å²) < 4.78 is 9.88. The van der Waals surface area contributed by atoms with Gasteiger partial charge in [-0.3, -0.25) is 4.79 Å². The molecule has 0 aromatic heterocycles. The van der Waals surface area contributed by atoms with Crippen molar-refractivity contribution in [3.63, 3.8) is 0 Å². The van der Waals surface area contributed by atoms with Crippen LogP contribution in [0.25, 0.3) is 0 Å². The smallest absolute Gasteiger partial charge is 0.374 e. The molecule has 1 aliphatic heterocycles. The number of esters is 1. The maximum atomic E-state index is 11.3. The van der Waals surface area contributed by atoms with Crippen LogP contribution in [0.2, 0.25) is 0 Å². The summed E-state index contributed by atoms with van der Waals surface area (Å²) in [6, 6.07) is 0.143. The number of ketones is 1. The van der Waals surface area contributed by atoms with Crippen LogP contribution in [-0.4, -0.2) is 43.7 Å². The second-order valence-corrected chi connectivity index (χ2v) is 3.65. The van der Waals surface area contributed by atoms with Crippen LogP contribution in [0, 0.1) is 0 Å². The van der Waals surface area contributed by atoms with Crippen LogP contribution in [0.1, 0.15) is 20.3 Å². The maximum Gasteiger partial charge on any atom is 0.374 e. The Labute approximate surface area is 89.1 Å². The second-order valence-electron chi connectivity index (χ2n) is 3.65. The van der Waals surface area contributed by atoms with Gasteiger partial charge < -0.3 is 14.8 Å². The van der Waals surface area contributed by atoms with E-state index in [2.05, 4.69) is 10.1 Å². The summed E-state index contributed by atoms with van der Waals surface area (Å²) in [6.45, 7) is 4.99. The third kappa shape index (κ3) is 3.97. The molecule has 15 heavy (non-hydrogen) atoms. The molecule has 0 radical (unpaired) electrons. The number of hydrogen-bond acceptors (Lipinski definition) is 5.